The Morgan fingerprint density at radius 2 is 1.54 bits per heavy atom. The van der Waals surface area contributed by atoms with E-state index in [4.69, 9.17) is 0 Å². The van der Waals surface area contributed by atoms with Crippen molar-refractivity contribution in [2.24, 2.45) is 0 Å². The maximum atomic E-state index is 12.5. The van der Waals surface area contributed by atoms with Crippen LogP contribution in [0.3, 0.4) is 0 Å². The van der Waals surface area contributed by atoms with Gasteiger partial charge in [0, 0.05) is 17.8 Å². The number of hydrogen-bond donors (Lipinski definition) is 1. The second-order valence-electron chi connectivity index (χ2n) is 6.49. The highest BCUT2D eigenvalue weighted by molar-refractivity contribution is 5.92. The zero-order valence-corrected chi connectivity index (χ0v) is 15.5. The van der Waals surface area contributed by atoms with E-state index >= 15 is 0 Å². The SMILES string of the molecule is CN(CC(=O)Nc1cccc([N+](=O)[O-])c1)C(c1ccccc1)c1ccccc1. The Labute approximate surface area is 163 Å². The quantitative estimate of drug-likeness (QED) is 0.495. The third-order valence-electron chi connectivity index (χ3n) is 4.41. The number of rotatable bonds is 7. The van der Waals surface area contributed by atoms with Crippen LogP contribution in [0, 0.1) is 10.1 Å². The molecule has 0 aliphatic rings. The number of anilines is 1. The van der Waals surface area contributed by atoms with Gasteiger partial charge in [-0.2, -0.15) is 0 Å². The van der Waals surface area contributed by atoms with Gasteiger partial charge in [-0.3, -0.25) is 19.8 Å². The average molecular weight is 375 g/mol. The molecule has 0 unspecified atom stereocenters. The summed E-state index contributed by atoms with van der Waals surface area (Å²) in [6.45, 7) is 0.136. The van der Waals surface area contributed by atoms with E-state index in [9.17, 15) is 14.9 Å². The number of hydrogen-bond acceptors (Lipinski definition) is 4. The van der Waals surface area contributed by atoms with Crippen molar-refractivity contribution in [2.75, 3.05) is 18.9 Å². The zero-order chi connectivity index (χ0) is 19.9. The minimum absolute atomic E-state index is 0.0578. The van der Waals surface area contributed by atoms with Gasteiger partial charge in [0.1, 0.15) is 0 Å². The van der Waals surface area contributed by atoms with E-state index in [1.54, 1.807) is 12.1 Å². The molecule has 1 amide bonds. The topological polar surface area (TPSA) is 75.5 Å². The molecule has 28 heavy (non-hydrogen) atoms. The first-order chi connectivity index (χ1) is 13.5. The normalized spacial score (nSPS) is 10.8. The number of nitro groups is 1. The number of carbonyl (C=O) groups is 1. The lowest BCUT2D eigenvalue weighted by Crippen LogP contribution is -2.33. The largest absolute Gasteiger partial charge is 0.325 e. The minimum Gasteiger partial charge on any atom is -0.325 e. The van der Waals surface area contributed by atoms with Crippen molar-refractivity contribution in [3.05, 3.63) is 106 Å². The molecule has 3 aromatic carbocycles. The molecule has 6 heteroatoms. The van der Waals surface area contributed by atoms with Crippen LogP contribution in [-0.4, -0.2) is 29.3 Å². The fourth-order valence-corrected chi connectivity index (χ4v) is 3.19. The second-order valence-corrected chi connectivity index (χ2v) is 6.49. The van der Waals surface area contributed by atoms with Crippen molar-refractivity contribution in [1.29, 1.82) is 0 Å². The van der Waals surface area contributed by atoms with Crippen LogP contribution in [0.15, 0.2) is 84.9 Å². The molecule has 0 bridgehead atoms. The zero-order valence-electron chi connectivity index (χ0n) is 15.5. The fourth-order valence-electron chi connectivity index (χ4n) is 3.19. The van der Waals surface area contributed by atoms with Crippen LogP contribution >= 0.6 is 0 Å². The number of nitrogens with zero attached hydrogens (tertiary/aromatic N) is 2. The lowest BCUT2D eigenvalue weighted by molar-refractivity contribution is -0.384. The molecule has 0 fully saturated rings. The van der Waals surface area contributed by atoms with Gasteiger partial charge in [-0.05, 0) is 24.2 Å². The van der Waals surface area contributed by atoms with E-state index in [0.29, 0.717) is 5.69 Å². The molecular formula is C22H21N3O3. The van der Waals surface area contributed by atoms with E-state index in [2.05, 4.69) is 5.32 Å². The number of nitro benzene ring substituents is 1. The molecule has 1 N–H and O–H groups in total. The van der Waals surface area contributed by atoms with Crippen LogP contribution in [0.5, 0.6) is 0 Å². The van der Waals surface area contributed by atoms with E-state index in [1.165, 1.54) is 12.1 Å². The molecule has 3 aromatic rings. The van der Waals surface area contributed by atoms with Gasteiger partial charge in [0.25, 0.3) is 5.69 Å². The Hall–Kier alpha value is -3.51. The predicted octanol–water partition coefficient (Wildman–Crippen LogP) is 4.25. The molecule has 0 heterocycles. The van der Waals surface area contributed by atoms with Crippen LogP contribution in [0.2, 0.25) is 0 Å². The highest BCUT2D eigenvalue weighted by Crippen LogP contribution is 2.27. The fraction of sp³-hybridized carbons (Fsp3) is 0.136. The molecule has 142 valence electrons. The van der Waals surface area contributed by atoms with Gasteiger partial charge < -0.3 is 5.32 Å². The summed E-state index contributed by atoms with van der Waals surface area (Å²) in [6, 6.07) is 25.8. The second kappa shape index (κ2) is 8.92. The highest BCUT2D eigenvalue weighted by atomic mass is 16.6. The van der Waals surface area contributed by atoms with E-state index in [1.807, 2.05) is 72.6 Å². The average Bonchev–Trinajstić information content (AvgIpc) is 2.70. The monoisotopic (exact) mass is 375 g/mol. The molecule has 0 saturated carbocycles. The third kappa shape index (κ3) is 4.81. The van der Waals surface area contributed by atoms with Gasteiger partial charge in [0.15, 0.2) is 0 Å². The van der Waals surface area contributed by atoms with Gasteiger partial charge in [-0.1, -0.05) is 66.7 Å². The molecule has 0 aliphatic heterocycles. The smallest absolute Gasteiger partial charge is 0.271 e. The summed E-state index contributed by atoms with van der Waals surface area (Å²) < 4.78 is 0. The summed E-state index contributed by atoms with van der Waals surface area (Å²) in [7, 11) is 1.89. The van der Waals surface area contributed by atoms with E-state index in [-0.39, 0.29) is 24.2 Å². The van der Waals surface area contributed by atoms with E-state index in [0.717, 1.165) is 11.1 Å². The molecular weight excluding hydrogens is 354 g/mol. The molecule has 0 spiro atoms. The Morgan fingerprint density at radius 1 is 0.964 bits per heavy atom. The lowest BCUT2D eigenvalue weighted by atomic mass is 9.97. The standard InChI is InChI=1S/C22H21N3O3/c1-24(16-21(26)23-19-13-8-14-20(15-19)25(27)28)22(17-9-4-2-5-10-17)18-11-6-3-7-12-18/h2-15,22H,16H2,1H3,(H,23,26). The van der Waals surface area contributed by atoms with E-state index < -0.39 is 4.92 Å². The van der Waals surface area contributed by atoms with Gasteiger partial charge in [0.05, 0.1) is 17.5 Å². The van der Waals surface area contributed by atoms with Crippen molar-refractivity contribution in [1.82, 2.24) is 4.90 Å². The van der Waals surface area contributed by atoms with Crippen molar-refractivity contribution >= 4 is 17.3 Å². The number of nitrogens with one attached hydrogen (secondary N) is 1. The summed E-state index contributed by atoms with van der Waals surface area (Å²) in [6.07, 6.45) is 0. The molecule has 0 saturated heterocycles. The number of benzene rings is 3. The van der Waals surface area contributed by atoms with Crippen LogP contribution in [0.4, 0.5) is 11.4 Å². The van der Waals surface area contributed by atoms with Crippen LogP contribution < -0.4 is 5.32 Å². The van der Waals surface area contributed by atoms with Gasteiger partial charge in [0.2, 0.25) is 5.91 Å². The predicted molar refractivity (Wildman–Crippen MR) is 109 cm³/mol. The van der Waals surface area contributed by atoms with Crippen LogP contribution in [-0.2, 0) is 4.79 Å². The maximum absolute atomic E-state index is 12.5. The molecule has 3 rings (SSSR count). The van der Waals surface area contributed by atoms with Crippen molar-refractivity contribution in [3.63, 3.8) is 0 Å². The summed E-state index contributed by atoms with van der Waals surface area (Å²) >= 11 is 0. The Morgan fingerprint density at radius 3 is 2.07 bits per heavy atom. The molecule has 0 atom stereocenters. The molecule has 6 nitrogen and oxygen atoms in total. The Balaban J connectivity index is 1.76. The number of non-ortho nitro benzene ring substituents is 1. The highest BCUT2D eigenvalue weighted by Gasteiger charge is 2.21. The van der Waals surface area contributed by atoms with Gasteiger partial charge in [-0.15, -0.1) is 0 Å². The first kappa shape index (κ1) is 19.3. The lowest BCUT2D eigenvalue weighted by Gasteiger charge is -2.28. The first-order valence-corrected chi connectivity index (χ1v) is 8.89. The number of carbonyl (C=O) groups excluding carboxylic acids is 1. The van der Waals surface area contributed by atoms with Crippen molar-refractivity contribution in [2.45, 2.75) is 6.04 Å². The van der Waals surface area contributed by atoms with Crippen LogP contribution in [0.1, 0.15) is 17.2 Å². The van der Waals surface area contributed by atoms with Crippen molar-refractivity contribution in [3.8, 4) is 0 Å². The third-order valence-corrected chi connectivity index (χ3v) is 4.41. The first-order valence-electron chi connectivity index (χ1n) is 8.89. The summed E-state index contributed by atoms with van der Waals surface area (Å²) in [5.41, 5.74) is 2.51. The van der Waals surface area contributed by atoms with Gasteiger partial charge in [-0.25, -0.2) is 0 Å². The maximum Gasteiger partial charge on any atom is 0.271 e. The molecule has 0 aliphatic carbocycles. The number of likely N-dealkylation sites (N-methyl/N-ethyl adjacent to an activating group) is 1. The van der Waals surface area contributed by atoms with Crippen LogP contribution in [0.25, 0.3) is 0 Å². The Kier molecular flexibility index (Phi) is 6.14. The molecule has 0 radical (unpaired) electrons. The minimum atomic E-state index is -0.484. The number of amides is 1. The summed E-state index contributed by atoms with van der Waals surface area (Å²) in [5, 5.41) is 13.6. The summed E-state index contributed by atoms with van der Waals surface area (Å²) in [5.74, 6) is -0.236. The van der Waals surface area contributed by atoms with Crippen molar-refractivity contribution < 1.29 is 9.72 Å². The summed E-state index contributed by atoms with van der Waals surface area (Å²) in [4.78, 5) is 24.9. The van der Waals surface area contributed by atoms with Gasteiger partial charge >= 0.3 is 0 Å². The molecule has 0 aromatic heterocycles. The Bertz CT molecular complexity index is 906.